The molecule has 0 radical (unpaired) electrons. The van der Waals surface area contributed by atoms with E-state index >= 15 is 0 Å². The monoisotopic (exact) mass is 221 g/mol. The SMILES string of the molecule is CCC(NCc1cccc(C)c1)C(N)=NO. The first-order valence-corrected chi connectivity index (χ1v) is 5.43. The van der Waals surface area contributed by atoms with Crippen LogP contribution >= 0.6 is 0 Å². The first-order valence-electron chi connectivity index (χ1n) is 5.43. The second-order valence-electron chi connectivity index (χ2n) is 3.86. The van der Waals surface area contributed by atoms with Crippen molar-refractivity contribution in [1.29, 1.82) is 0 Å². The van der Waals surface area contributed by atoms with Gasteiger partial charge in [0, 0.05) is 6.54 Å². The summed E-state index contributed by atoms with van der Waals surface area (Å²) in [6, 6.07) is 8.18. The van der Waals surface area contributed by atoms with Gasteiger partial charge in [0.1, 0.15) is 0 Å². The summed E-state index contributed by atoms with van der Waals surface area (Å²) in [6.07, 6.45) is 0.793. The van der Waals surface area contributed by atoms with E-state index in [1.54, 1.807) is 0 Å². The highest BCUT2D eigenvalue weighted by atomic mass is 16.4. The van der Waals surface area contributed by atoms with Gasteiger partial charge in [-0.3, -0.25) is 0 Å². The lowest BCUT2D eigenvalue weighted by Crippen LogP contribution is -2.40. The van der Waals surface area contributed by atoms with Crippen LogP contribution in [0, 0.1) is 6.92 Å². The van der Waals surface area contributed by atoms with Crippen LogP contribution in [0.3, 0.4) is 0 Å². The molecule has 0 saturated heterocycles. The van der Waals surface area contributed by atoms with Gasteiger partial charge in [-0.2, -0.15) is 0 Å². The molecule has 0 aliphatic carbocycles. The molecule has 1 aromatic rings. The molecular formula is C12H19N3O. The van der Waals surface area contributed by atoms with Crippen LogP contribution in [0.15, 0.2) is 29.4 Å². The average molecular weight is 221 g/mol. The molecule has 0 aliphatic heterocycles. The summed E-state index contributed by atoms with van der Waals surface area (Å²) in [7, 11) is 0. The zero-order valence-corrected chi connectivity index (χ0v) is 9.77. The fraction of sp³-hybridized carbons (Fsp3) is 0.417. The number of nitrogens with zero attached hydrogens (tertiary/aromatic N) is 1. The molecule has 0 spiro atoms. The molecular weight excluding hydrogens is 202 g/mol. The molecule has 0 fully saturated rings. The maximum atomic E-state index is 8.60. The molecule has 16 heavy (non-hydrogen) atoms. The molecule has 1 atom stereocenters. The van der Waals surface area contributed by atoms with Crippen molar-refractivity contribution in [2.75, 3.05) is 0 Å². The zero-order chi connectivity index (χ0) is 12.0. The topological polar surface area (TPSA) is 70.6 Å². The van der Waals surface area contributed by atoms with Crippen LogP contribution in [0.4, 0.5) is 0 Å². The van der Waals surface area contributed by atoms with E-state index in [-0.39, 0.29) is 11.9 Å². The lowest BCUT2D eigenvalue weighted by atomic mass is 10.1. The number of rotatable bonds is 5. The van der Waals surface area contributed by atoms with Crippen molar-refractivity contribution in [3.05, 3.63) is 35.4 Å². The van der Waals surface area contributed by atoms with Crippen molar-refractivity contribution in [3.8, 4) is 0 Å². The van der Waals surface area contributed by atoms with Gasteiger partial charge < -0.3 is 16.3 Å². The third-order valence-corrected chi connectivity index (χ3v) is 2.52. The van der Waals surface area contributed by atoms with E-state index in [0.29, 0.717) is 0 Å². The van der Waals surface area contributed by atoms with Gasteiger partial charge in [-0.1, -0.05) is 41.9 Å². The van der Waals surface area contributed by atoms with E-state index in [1.165, 1.54) is 11.1 Å². The fourth-order valence-corrected chi connectivity index (χ4v) is 1.59. The molecule has 0 amide bonds. The van der Waals surface area contributed by atoms with Gasteiger partial charge in [-0.05, 0) is 18.9 Å². The second-order valence-corrected chi connectivity index (χ2v) is 3.86. The van der Waals surface area contributed by atoms with Gasteiger partial charge >= 0.3 is 0 Å². The number of oxime groups is 1. The predicted molar refractivity (Wildman–Crippen MR) is 65.5 cm³/mol. The van der Waals surface area contributed by atoms with Crippen LogP contribution in [0.1, 0.15) is 24.5 Å². The lowest BCUT2D eigenvalue weighted by molar-refractivity contribution is 0.314. The zero-order valence-electron chi connectivity index (χ0n) is 9.77. The molecule has 1 unspecified atom stereocenters. The highest BCUT2D eigenvalue weighted by Gasteiger charge is 2.10. The molecule has 1 aromatic carbocycles. The molecule has 1 rings (SSSR count). The van der Waals surface area contributed by atoms with Gasteiger partial charge in [0.05, 0.1) is 6.04 Å². The van der Waals surface area contributed by atoms with Crippen LogP contribution in [0.5, 0.6) is 0 Å². The molecule has 4 N–H and O–H groups in total. The smallest absolute Gasteiger partial charge is 0.156 e. The highest BCUT2D eigenvalue weighted by Crippen LogP contribution is 2.04. The lowest BCUT2D eigenvalue weighted by Gasteiger charge is -2.15. The molecule has 0 aliphatic rings. The van der Waals surface area contributed by atoms with Gasteiger partial charge in [-0.15, -0.1) is 0 Å². The number of hydrogen-bond acceptors (Lipinski definition) is 3. The summed E-state index contributed by atoms with van der Waals surface area (Å²) >= 11 is 0. The Morgan fingerprint density at radius 3 is 2.88 bits per heavy atom. The van der Waals surface area contributed by atoms with Crippen molar-refractivity contribution in [2.24, 2.45) is 10.9 Å². The Morgan fingerprint density at radius 1 is 1.56 bits per heavy atom. The second kappa shape index (κ2) is 6.12. The maximum absolute atomic E-state index is 8.60. The molecule has 88 valence electrons. The van der Waals surface area contributed by atoms with Crippen molar-refractivity contribution in [1.82, 2.24) is 5.32 Å². The molecule has 4 heteroatoms. The molecule has 0 saturated carbocycles. The number of nitrogens with two attached hydrogens (primary N) is 1. The van der Waals surface area contributed by atoms with Crippen LogP contribution in [-0.4, -0.2) is 17.1 Å². The Morgan fingerprint density at radius 2 is 2.31 bits per heavy atom. The van der Waals surface area contributed by atoms with Gasteiger partial charge in [0.15, 0.2) is 5.84 Å². The van der Waals surface area contributed by atoms with Gasteiger partial charge in [0.2, 0.25) is 0 Å². The summed E-state index contributed by atoms with van der Waals surface area (Å²) in [6.45, 7) is 4.77. The maximum Gasteiger partial charge on any atom is 0.156 e. The number of nitrogens with one attached hydrogen (secondary N) is 1. The molecule has 0 aromatic heterocycles. The van der Waals surface area contributed by atoms with Crippen molar-refractivity contribution in [3.63, 3.8) is 0 Å². The minimum absolute atomic E-state index is 0.0782. The van der Waals surface area contributed by atoms with E-state index < -0.39 is 0 Å². The predicted octanol–water partition coefficient (Wildman–Crippen LogP) is 1.61. The third kappa shape index (κ3) is 3.55. The van der Waals surface area contributed by atoms with Crippen LogP contribution < -0.4 is 11.1 Å². The summed E-state index contributed by atoms with van der Waals surface area (Å²) in [5, 5.41) is 14.9. The number of benzene rings is 1. The van der Waals surface area contributed by atoms with Crippen molar-refractivity contribution < 1.29 is 5.21 Å². The minimum Gasteiger partial charge on any atom is -0.409 e. The average Bonchev–Trinajstić information content (AvgIpc) is 2.29. The Balaban J connectivity index is 2.56. The van der Waals surface area contributed by atoms with Crippen LogP contribution in [-0.2, 0) is 6.54 Å². The highest BCUT2D eigenvalue weighted by molar-refractivity contribution is 5.85. The summed E-state index contributed by atoms with van der Waals surface area (Å²) in [4.78, 5) is 0. The number of hydrogen-bond donors (Lipinski definition) is 3. The summed E-state index contributed by atoms with van der Waals surface area (Å²) < 4.78 is 0. The molecule has 4 nitrogen and oxygen atoms in total. The molecule has 0 bridgehead atoms. The Kier molecular flexibility index (Phi) is 4.79. The standard InChI is InChI=1S/C12H19N3O/c1-3-11(12(13)15-16)14-8-10-6-4-5-9(2)7-10/h4-7,11,14,16H,3,8H2,1-2H3,(H2,13,15). The van der Waals surface area contributed by atoms with E-state index in [9.17, 15) is 0 Å². The summed E-state index contributed by atoms with van der Waals surface area (Å²) in [5.41, 5.74) is 7.99. The van der Waals surface area contributed by atoms with Crippen LogP contribution in [0.2, 0.25) is 0 Å². The largest absolute Gasteiger partial charge is 0.409 e. The normalized spacial score (nSPS) is 13.8. The summed E-state index contributed by atoms with van der Waals surface area (Å²) in [5.74, 6) is 0.232. The fourth-order valence-electron chi connectivity index (χ4n) is 1.59. The van der Waals surface area contributed by atoms with Gasteiger partial charge in [-0.25, -0.2) is 0 Å². The van der Waals surface area contributed by atoms with Gasteiger partial charge in [0.25, 0.3) is 0 Å². The van der Waals surface area contributed by atoms with E-state index in [4.69, 9.17) is 10.9 Å². The first kappa shape index (κ1) is 12.5. The van der Waals surface area contributed by atoms with Crippen LogP contribution in [0.25, 0.3) is 0 Å². The van der Waals surface area contributed by atoms with E-state index in [0.717, 1.165) is 13.0 Å². The van der Waals surface area contributed by atoms with E-state index in [2.05, 4.69) is 35.6 Å². The Bertz CT molecular complexity index is 363. The number of amidine groups is 1. The first-order chi connectivity index (χ1) is 7.67. The third-order valence-electron chi connectivity index (χ3n) is 2.52. The van der Waals surface area contributed by atoms with E-state index in [1.807, 2.05) is 13.0 Å². The Labute approximate surface area is 96.2 Å². The minimum atomic E-state index is -0.0782. The number of aryl methyl sites for hydroxylation is 1. The molecule has 0 heterocycles. The quantitative estimate of drug-likeness (QED) is 0.306. The van der Waals surface area contributed by atoms with Crippen molar-refractivity contribution >= 4 is 5.84 Å². The Hall–Kier alpha value is -1.55. The van der Waals surface area contributed by atoms with Crippen molar-refractivity contribution in [2.45, 2.75) is 32.9 Å².